The average Bonchev–Trinajstić information content (AvgIpc) is 2.53. The minimum absolute atomic E-state index is 1.19. The molecule has 0 saturated heterocycles. The SMILES string of the molecule is CN(C)c1ccc(/C=C/c2ccc3cccc[n+]3c2)cc1. The molecule has 0 N–H and O–H groups in total. The summed E-state index contributed by atoms with van der Waals surface area (Å²) in [4.78, 5) is 2.10. The van der Waals surface area contributed by atoms with Crippen molar-refractivity contribution in [3.63, 3.8) is 0 Å². The number of pyridine rings is 2. The van der Waals surface area contributed by atoms with Gasteiger partial charge in [-0.15, -0.1) is 0 Å². The first-order valence-corrected chi connectivity index (χ1v) is 7.08. The van der Waals surface area contributed by atoms with E-state index in [-0.39, 0.29) is 0 Å². The monoisotopic (exact) mass is 275 g/mol. The second kappa shape index (κ2) is 5.80. The average molecular weight is 275 g/mol. The van der Waals surface area contributed by atoms with Gasteiger partial charge in [0.15, 0.2) is 12.4 Å². The fourth-order valence-electron chi connectivity index (χ4n) is 2.29. The van der Waals surface area contributed by atoms with Gasteiger partial charge in [0.05, 0.1) is 0 Å². The molecule has 1 aromatic carbocycles. The van der Waals surface area contributed by atoms with E-state index in [1.54, 1.807) is 0 Å². The molecule has 3 aromatic rings. The molecule has 3 rings (SSSR count). The van der Waals surface area contributed by atoms with Crippen molar-refractivity contribution < 1.29 is 4.40 Å². The molecule has 0 aliphatic rings. The van der Waals surface area contributed by atoms with Gasteiger partial charge in [0.25, 0.3) is 0 Å². The van der Waals surface area contributed by atoms with E-state index in [2.05, 4.69) is 96.5 Å². The maximum Gasteiger partial charge on any atom is 0.210 e. The van der Waals surface area contributed by atoms with Gasteiger partial charge in [-0.25, -0.2) is 0 Å². The minimum Gasteiger partial charge on any atom is -0.378 e. The van der Waals surface area contributed by atoms with Gasteiger partial charge in [-0.2, -0.15) is 4.40 Å². The zero-order valence-electron chi connectivity index (χ0n) is 12.4. The third kappa shape index (κ3) is 3.11. The van der Waals surface area contributed by atoms with Crippen LogP contribution in [0.15, 0.2) is 67.0 Å². The fraction of sp³-hybridized carbons (Fsp3) is 0.105. The zero-order valence-corrected chi connectivity index (χ0v) is 12.4. The van der Waals surface area contributed by atoms with E-state index in [4.69, 9.17) is 0 Å². The molecule has 0 radical (unpaired) electrons. The molecule has 0 unspecified atom stereocenters. The Labute approximate surface area is 125 Å². The molecule has 2 heterocycles. The van der Waals surface area contributed by atoms with Crippen molar-refractivity contribution >= 4 is 23.4 Å². The van der Waals surface area contributed by atoms with E-state index >= 15 is 0 Å². The highest BCUT2D eigenvalue weighted by Gasteiger charge is 2.00. The van der Waals surface area contributed by atoms with Gasteiger partial charge in [-0.05, 0) is 35.9 Å². The Hall–Kier alpha value is -2.61. The molecule has 0 saturated carbocycles. The summed E-state index contributed by atoms with van der Waals surface area (Å²) in [7, 11) is 4.11. The van der Waals surface area contributed by atoms with Crippen LogP contribution in [0.4, 0.5) is 5.69 Å². The number of benzene rings is 1. The Morgan fingerprint density at radius 2 is 1.52 bits per heavy atom. The van der Waals surface area contributed by atoms with Crippen molar-refractivity contribution in [2.24, 2.45) is 0 Å². The largest absolute Gasteiger partial charge is 0.378 e. The second-order valence-corrected chi connectivity index (χ2v) is 5.31. The molecule has 0 amide bonds. The normalized spacial score (nSPS) is 11.1. The van der Waals surface area contributed by atoms with Crippen LogP contribution < -0.4 is 9.30 Å². The molecule has 0 fully saturated rings. The maximum atomic E-state index is 2.14. The number of rotatable bonds is 3. The summed E-state index contributed by atoms with van der Waals surface area (Å²) in [5, 5.41) is 0. The van der Waals surface area contributed by atoms with Crippen LogP contribution in [-0.2, 0) is 0 Å². The first kappa shape index (κ1) is 13.4. The Balaban J connectivity index is 1.83. The Kier molecular flexibility index (Phi) is 3.69. The smallest absolute Gasteiger partial charge is 0.210 e. The van der Waals surface area contributed by atoms with Crippen molar-refractivity contribution in [3.05, 3.63) is 78.1 Å². The summed E-state index contributed by atoms with van der Waals surface area (Å²) in [5.41, 5.74) is 4.81. The van der Waals surface area contributed by atoms with E-state index < -0.39 is 0 Å². The standard InChI is InChI=1S/C19H19N2/c1-20(2)18-11-8-16(9-12-18)6-7-17-10-13-19-5-3-4-14-21(19)15-17/h3-15H,1-2H3/q+1/b7-6+. The van der Waals surface area contributed by atoms with Gasteiger partial charge in [0.1, 0.15) is 0 Å². The summed E-state index contributed by atoms with van der Waals surface area (Å²) >= 11 is 0. The molecule has 2 nitrogen and oxygen atoms in total. The first-order valence-electron chi connectivity index (χ1n) is 7.08. The number of hydrogen-bond donors (Lipinski definition) is 0. The predicted octanol–water partition coefficient (Wildman–Crippen LogP) is 3.66. The summed E-state index contributed by atoms with van der Waals surface area (Å²) in [6, 6.07) is 19.0. The van der Waals surface area contributed by atoms with Crippen LogP contribution >= 0.6 is 0 Å². The number of anilines is 1. The van der Waals surface area contributed by atoms with Gasteiger partial charge in [-0.1, -0.05) is 18.2 Å². The minimum atomic E-state index is 1.19. The van der Waals surface area contributed by atoms with E-state index in [1.165, 1.54) is 22.3 Å². The predicted molar refractivity (Wildman–Crippen MR) is 89.3 cm³/mol. The molecule has 0 spiro atoms. The van der Waals surface area contributed by atoms with Crippen molar-refractivity contribution in [2.75, 3.05) is 19.0 Å². The van der Waals surface area contributed by atoms with Crippen molar-refractivity contribution in [2.45, 2.75) is 0 Å². The van der Waals surface area contributed by atoms with Gasteiger partial charge >= 0.3 is 0 Å². The van der Waals surface area contributed by atoms with Crippen LogP contribution in [-0.4, -0.2) is 14.1 Å². The van der Waals surface area contributed by atoms with Gasteiger partial charge in [-0.3, -0.25) is 0 Å². The molecule has 21 heavy (non-hydrogen) atoms. The molecular weight excluding hydrogens is 256 g/mol. The lowest BCUT2D eigenvalue weighted by Gasteiger charge is -2.11. The molecule has 0 bridgehead atoms. The van der Waals surface area contributed by atoms with E-state index in [9.17, 15) is 0 Å². The molecular formula is C19H19N2+. The Morgan fingerprint density at radius 1 is 0.810 bits per heavy atom. The first-order chi connectivity index (χ1) is 10.2. The number of nitrogens with zero attached hydrogens (tertiary/aromatic N) is 2. The molecule has 0 aliphatic carbocycles. The van der Waals surface area contributed by atoms with Crippen LogP contribution in [0, 0.1) is 0 Å². The van der Waals surface area contributed by atoms with E-state index in [1.807, 2.05) is 6.07 Å². The van der Waals surface area contributed by atoms with Gasteiger partial charge in [0, 0.05) is 43.5 Å². The molecule has 2 aromatic heterocycles. The fourth-order valence-corrected chi connectivity index (χ4v) is 2.29. The lowest BCUT2D eigenvalue weighted by Crippen LogP contribution is -2.20. The third-order valence-corrected chi connectivity index (χ3v) is 3.54. The number of aromatic nitrogens is 1. The van der Waals surface area contributed by atoms with Crippen molar-refractivity contribution in [1.29, 1.82) is 0 Å². The second-order valence-electron chi connectivity index (χ2n) is 5.31. The summed E-state index contributed by atoms with van der Waals surface area (Å²) in [6.07, 6.45) is 8.49. The third-order valence-electron chi connectivity index (χ3n) is 3.54. The van der Waals surface area contributed by atoms with Crippen LogP contribution in [0.25, 0.3) is 17.7 Å². The zero-order chi connectivity index (χ0) is 14.7. The molecule has 0 atom stereocenters. The van der Waals surface area contributed by atoms with E-state index in [0.29, 0.717) is 0 Å². The quantitative estimate of drug-likeness (QED) is 0.662. The Bertz CT molecular complexity index is 771. The maximum absolute atomic E-state index is 2.14. The van der Waals surface area contributed by atoms with Crippen LogP contribution in [0.5, 0.6) is 0 Å². The van der Waals surface area contributed by atoms with Crippen LogP contribution in [0.3, 0.4) is 0 Å². The van der Waals surface area contributed by atoms with E-state index in [0.717, 1.165) is 0 Å². The van der Waals surface area contributed by atoms with Crippen molar-refractivity contribution in [3.8, 4) is 0 Å². The van der Waals surface area contributed by atoms with Gasteiger partial charge in [0.2, 0.25) is 5.52 Å². The van der Waals surface area contributed by atoms with Gasteiger partial charge < -0.3 is 4.90 Å². The number of hydrogen-bond acceptors (Lipinski definition) is 1. The summed E-state index contributed by atoms with van der Waals surface area (Å²) < 4.78 is 2.13. The summed E-state index contributed by atoms with van der Waals surface area (Å²) in [6.45, 7) is 0. The molecule has 2 heteroatoms. The van der Waals surface area contributed by atoms with Crippen molar-refractivity contribution in [1.82, 2.24) is 0 Å². The van der Waals surface area contributed by atoms with Crippen LogP contribution in [0.1, 0.15) is 11.1 Å². The highest BCUT2D eigenvalue weighted by atomic mass is 15.1. The van der Waals surface area contributed by atoms with Crippen LogP contribution in [0.2, 0.25) is 0 Å². The highest BCUT2D eigenvalue weighted by Crippen LogP contribution is 2.14. The summed E-state index contributed by atoms with van der Waals surface area (Å²) in [5.74, 6) is 0. The topological polar surface area (TPSA) is 7.34 Å². The number of fused-ring (bicyclic) bond motifs is 1. The lowest BCUT2D eigenvalue weighted by atomic mass is 10.1. The lowest BCUT2D eigenvalue weighted by molar-refractivity contribution is -0.512. The molecule has 104 valence electrons. The molecule has 0 aliphatic heterocycles. The highest BCUT2D eigenvalue weighted by molar-refractivity contribution is 5.70. The Morgan fingerprint density at radius 3 is 2.29 bits per heavy atom.